The van der Waals surface area contributed by atoms with Gasteiger partial charge in [0.2, 0.25) is 5.88 Å². The Morgan fingerprint density at radius 2 is 2.00 bits per heavy atom. The molecular weight excluding hydrogens is 330 g/mol. The van der Waals surface area contributed by atoms with Crippen molar-refractivity contribution in [3.05, 3.63) is 54.9 Å². The van der Waals surface area contributed by atoms with Gasteiger partial charge in [0.15, 0.2) is 5.69 Å². The zero-order valence-corrected chi connectivity index (χ0v) is 14.1. The molecule has 2 aromatic heterocycles. The number of fused-ring (bicyclic) bond motifs is 2. The van der Waals surface area contributed by atoms with Crippen molar-refractivity contribution in [1.82, 2.24) is 14.5 Å². The molecule has 7 nitrogen and oxygen atoms in total. The molecule has 0 radical (unpaired) electrons. The second-order valence-corrected chi connectivity index (χ2v) is 6.19. The third kappa shape index (κ3) is 2.83. The van der Waals surface area contributed by atoms with Crippen molar-refractivity contribution >= 4 is 33.5 Å². The summed E-state index contributed by atoms with van der Waals surface area (Å²) in [6, 6.07) is 15.1. The number of benzene rings is 2. The Kier molecular flexibility index (Phi) is 3.96. The lowest BCUT2D eigenvalue weighted by Crippen LogP contribution is -2.14. The first-order valence-corrected chi connectivity index (χ1v) is 8.28. The van der Waals surface area contributed by atoms with Crippen LogP contribution in [0.4, 0.5) is 5.69 Å². The minimum Gasteiger partial charge on any atom is -0.493 e. The minimum absolute atomic E-state index is 0.101. The van der Waals surface area contributed by atoms with Gasteiger partial charge < -0.3 is 14.7 Å². The third-order valence-electron chi connectivity index (χ3n) is 4.33. The molecule has 4 rings (SSSR count). The van der Waals surface area contributed by atoms with Crippen LogP contribution in [0.25, 0.3) is 21.9 Å². The number of nitrogens with one attached hydrogen (secondary N) is 1. The summed E-state index contributed by atoms with van der Waals surface area (Å²) in [6.07, 6.45) is 1.72. The molecule has 4 aromatic rings. The third-order valence-corrected chi connectivity index (χ3v) is 4.33. The smallest absolute Gasteiger partial charge is 0.269 e. The highest BCUT2D eigenvalue weighted by atomic mass is 16.3. The molecule has 26 heavy (non-hydrogen) atoms. The van der Waals surface area contributed by atoms with E-state index in [0.29, 0.717) is 6.54 Å². The van der Waals surface area contributed by atoms with Crippen molar-refractivity contribution in [1.29, 1.82) is 0 Å². The Bertz CT molecular complexity index is 1130. The maximum absolute atomic E-state index is 12.4. The highest BCUT2D eigenvalue weighted by Gasteiger charge is 2.16. The van der Waals surface area contributed by atoms with Gasteiger partial charge in [-0.2, -0.15) is 0 Å². The number of carbonyl (C=O) groups is 1. The monoisotopic (exact) mass is 347 g/mol. The number of hydrogen-bond acceptors (Lipinski definition) is 4. The molecule has 0 unspecified atom stereocenters. The number of imidazole rings is 1. The predicted octanol–water partition coefficient (Wildman–Crippen LogP) is 4.17. The van der Waals surface area contributed by atoms with E-state index in [-0.39, 0.29) is 23.4 Å². The SMILES string of the molecule is C[C@@H](Cn1cnc2ccccc21)C(=O)N=Nc1c(O)[nH]c2ccccc12. The van der Waals surface area contributed by atoms with Crippen molar-refractivity contribution in [2.45, 2.75) is 13.5 Å². The lowest BCUT2D eigenvalue weighted by atomic mass is 10.1. The van der Waals surface area contributed by atoms with Crippen molar-refractivity contribution in [2.75, 3.05) is 0 Å². The van der Waals surface area contributed by atoms with E-state index < -0.39 is 0 Å². The average molecular weight is 347 g/mol. The number of rotatable bonds is 4. The van der Waals surface area contributed by atoms with Gasteiger partial charge in [-0.15, -0.1) is 10.2 Å². The number of hydrogen-bond donors (Lipinski definition) is 2. The molecule has 0 saturated carbocycles. The second-order valence-electron chi connectivity index (χ2n) is 6.19. The summed E-state index contributed by atoms with van der Waals surface area (Å²) in [5.41, 5.74) is 2.87. The molecule has 1 atom stereocenters. The summed E-state index contributed by atoms with van der Waals surface area (Å²) in [6.45, 7) is 2.25. The van der Waals surface area contributed by atoms with Gasteiger partial charge in [-0.1, -0.05) is 37.3 Å². The second kappa shape index (κ2) is 6.44. The van der Waals surface area contributed by atoms with Gasteiger partial charge in [-0.25, -0.2) is 4.98 Å². The first-order chi connectivity index (χ1) is 12.6. The van der Waals surface area contributed by atoms with Gasteiger partial charge in [-0.05, 0) is 18.2 Å². The highest BCUT2D eigenvalue weighted by molar-refractivity contribution is 5.94. The fourth-order valence-corrected chi connectivity index (χ4v) is 2.94. The average Bonchev–Trinajstić information content (AvgIpc) is 3.20. The zero-order valence-electron chi connectivity index (χ0n) is 14.1. The molecule has 2 heterocycles. The fraction of sp³-hybridized carbons (Fsp3) is 0.158. The van der Waals surface area contributed by atoms with Crippen molar-refractivity contribution < 1.29 is 9.90 Å². The molecule has 2 N–H and O–H groups in total. The standard InChI is InChI=1S/C19H17N5O2/c1-12(10-24-11-20-15-8-4-5-9-16(15)24)18(25)23-22-17-13-6-2-3-7-14(13)21-19(17)26/h2-9,11-12,21,26H,10H2,1H3/t12-/m0/s1. The molecule has 0 aliphatic rings. The van der Waals surface area contributed by atoms with E-state index in [1.165, 1.54) is 0 Å². The van der Waals surface area contributed by atoms with Crippen LogP contribution in [0, 0.1) is 5.92 Å². The molecule has 0 aliphatic heterocycles. The highest BCUT2D eigenvalue weighted by Crippen LogP contribution is 2.35. The summed E-state index contributed by atoms with van der Waals surface area (Å²) in [5, 5.41) is 18.5. The zero-order chi connectivity index (χ0) is 18.1. The van der Waals surface area contributed by atoms with E-state index >= 15 is 0 Å². The molecule has 0 fully saturated rings. The normalized spacial score (nSPS) is 13.0. The Morgan fingerprint density at radius 3 is 2.88 bits per heavy atom. The lowest BCUT2D eigenvalue weighted by Gasteiger charge is -2.08. The maximum atomic E-state index is 12.4. The van der Waals surface area contributed by atoms with E-state index in [2.05, 4.69) is 20.2 Å². The van der Waals surface area contributed by atoms with E-state index in [1.54, 1.807) is 13.3 Å². The van der Waals surface area contributed by atoms with Crippen LogP contribution in [0.3, 0.4) is 0 Å². The summed E-state index contributed by atoms with van der Waals surface area (Å²) < 4.78 is 1.93. The maximum Gasteiger partial charge on any atom is 0.269 e. The Balaban J connectivity index is 1.53. The molecule has 0 spiro atoms. The number of amides is 1. The Morgan fingerprint density at radius 1 is 1.23 bits per heavy atom. The van der Waals surface area contributed by atoms with Gasteiger partial charge in [0, 0.05) is 11.9 Å². The molecule has 130 valence electrons. The number of para-hydroxylation sites is 3. The van der Waals surface area contributed by atoms with Gasteiger partial charge in [-0.3, -0.25) is 4.79 Å². The van der Waals surface area contributed by atoms with Crippen LogP contribution in [0.5, 0.6) is 5.88 Å². The minimum atomic E-state index is -0.372. The number of aromatic hydroxyl groups is 1. The van der Waals surface area contributed by atoms with Crippen molar-refractivity contribution in [2.24, 2.45) is 16.1 Å². The summed E-state index contributed by atoms with van der Waals surface area (Å²) >= 11 is 0. The van der Waals surface area contributed by atoms with Crippen LogP contribution in [-0.2, 0) is 11.3 Å². The van der Waals surface area contributed by atoms with Gasteiger partial charge in [0.05, 0.1) is 28.8 Å². The molecule has 2 aromatic carbocycles. The number of aromatic nitrogens is 3. The summed E-state index contributed by atoms with van der Waals surface area (Å²) in [7, 11) is 0. The molecule has 0 saturated heterocycles. The quantitative estimate of drug-likeness (QED) is 0.542. The summed E-state index contributed by atoms with van der Waals surface area (Å²) in [4.78, 5) is 19.5. The Hall–Kier alpha value is -3.48. The molecule has 7 heteroatoms. The first kappa shape index (κ1) is 16.0. The first-order valence-electron chi connectivity index (χ1n) is 8.28. The molecular formula is C19H17N5O2. The number of H-pyrrole nitrogens is 1. The van der Waals surface area contributed by atoms with Crippen molar-refractivity contribution in [3.63, 3.8) is 0 Å². The van der Waals surface area contributed by atoms with Crippen LogP contribution in [0.2, 0.25) is 0 Å². The van der Waals surface area contributed by atoms with Crippen LogP contribution in [-0.4, -0.2) is 25.5 Å². The molecule has 1 amide bonds. The van der Waals surface area contributed by atoms with E-state index in [9.17, 15) is 9.90 Å². The number of carbonyl (C=O) groups excluding carboxylic acids is 1. The number of nitrogens with zero attached hydrogens (tertiary/aromatic N) is 4. The summed E-state index contributed by atoms with van der Waals surface area (Å²) in [5.74, 6) is -0.827. The Labute approximate surface area is 149 Å². The fourth-order valence-electron chi connectivity index (χ4n) is 2.94. The van der Waals surface area contributed by atoms with E-state index in [0.717, 1.165) is 21.9 Å². The van der Waals surface area contributed by atoms with Crippen molar-refractivity contribution in [3.8, 4) is 5.88 Å². The van der Waals surface area contributed by atoms with Crippen LogP contribution in [0.15, 0.2) is 65.1 Å². The van der Waals surface area contributed by atoms with Crippen LogP contribution in [0.1, 0.15) is 6.92 Å². The largest absolute Gasteiger partial charge is 0.493 e. The van der Waals surface area contributed by atoms with Gasteiger partial charge >= 0.3 is 0 Å². The van der Waals surface area contributed by atoms with Gasteiger partial charge in [0.1, 0.15) is 0 Å². The van der Waals surface area contributed by atoms with Crippen LogP contribution >= 0.6 is 0 Å². The topological polar surface area (TPSA) is 95.6 Å². The number of azo groups is 1. The molecule has 0 bridgehead atoms. The molecule has 0 aliphatic carbocycles. The van der Waals surface area contributed by atoms with Crippen LogP contribution < -0.4 is 0 Å². The number of aromatic amines is 1. The van der Waals surface area contributed by atoms with E-state index in [4.69, 9.17) is 0 Å². The predicted molar refractivity (Wildman–Crippen MR) is 98.4 cm³/mol. The van der Waals surface area contributed by atoms with E-state index in [1.807, 2.05) is 53.1 Å². The van der Waals surface area contributed by atoms with Gasteiger partial charge in [0.25, 0.3) is 5.91 Å². The lowest BCUT2D eigenvalue weighted by molar-refractivity contribution is -0.121.